The van der Waals surface area contributed by atoms with E-state index < -0.39 is 5.54 Å². The SMILES string of the molecule is CCOCCC(=O)NC(C)(C)C#N. The summed E-state index contributed by atoms with van der Waals surface area (Å²) in [5.41, 5.74) is -0.788. The van der Waals surface area contributed by atoms with Crippen LogP contribution in [0.25, 0.3) is 0 Å². The first-order valence-electron chi connectivity index (χ1n) is 4.32. The van der Waals surface area contributed by atoms with E-state index in [1.807, 2.05) is 13.0 Å². The molecule has 0 saturated carbocycles. The van der Waals surface area contributed by atoms with Gasteiger partial charge in [0, 0.05) is 13.0 Å². The van der Waals surface area contributed by atoms with Gasteiger partial charge in [-0.2, -0.15) is 5.26 Å². The lowest BCUT2D eigenvalue weighted by molar-refractivity contribution is -0.123. The number of nitrogens with one attached hydrogen (secondary N) is 1. The zero-order chi connectivity index (χ0) is 10.3. The zero-order valence-electron chi connectivity index (χ0n) is 8.39. The lowest BCUT2D eigenvalue weighted by Crippen LogP contribution is -2.42. The zero-order valence-corrected chi connectivity index (χ0v) is 8.39. The second-order valence-corrected chi connectivity index (χ2v) is 3.23. The lowest BCUT2D eigenvalue weighted by atomic mass is 10.1. The van der Waals surface area contributed by atoms with E-state index in [-0.39, 0.29) is 5.91 Å². The van der Waals surface area contributed by atoms with Crippen molar-refractivity contribution in [1.82, 2.24) is 5.32 Å². The number of rotatable bonds is 5. The van der Waals surface area contributed by atoms with Crippen LogP contribution in [0.3, 0.4) is 0 Å². The van der Waals surface area contributed by atoms with Gasteiger partial charge in [-0.1, -0.05) is 0 Å². The third-order valence-electron chi connectivity index (χ3n) is 1.41. The van der Waals surface area contributed by atoms with Crippen molar-refractivity contribution in [2.45, 2.75) is 32.7 Å². The predicted octanol–water partition coefficient (Wildman–Crippen LogP) is 0.831. The summed E-state index contributed by atoms with van der Waals surface area (Å²) in [6, 6.07) is 1.99. The van der Waals surface area contributed by atoms with E-state index in [0.29, 0.717) is 19.6 Å². The molecule has 0 rings (SSSR count). The second kappa shape index (κ2) is 5.55. The normalized spacial score (nSPS) is 10.6. The van der Waals surface area contributed by atoms with E-state index in [1.165, 1.54) is 0 Å². The average Bonchev–Trinajstić information content (AvgIpc) is 2.04. The molecule has 1 N–H and O–H groups in total. The van der Waals surface area contributed by atoms with Crippen LogP contribution in [-0.2, 0) is 9.53 Å². The molecule has 4 heteroatoms. The Hall–Kier alpha value is -1.08. The maximum atomic E-state index is 11.2. The molecule has 74 valence electrons. The highest BCUT2D eigenvalue weighted by Gasteiger charge is 2.18. The van der Waals surface area contributed by atoms with Gasteiger partial charge in [0.25, 0.3) is 0 Å². The highest BCUT2D eigenvalue weighted by Crippen LogP contribution is 1.99. The Kier molecular flexibility index (Phi) is 5.09. The quantitative estimate of drug-likeness (QED) is 0.644. The first-order valence-corrected chi connectivity index (χ1v) is 4.32. The van der Waals surface area contributed by atoms with E-state index in [2.05, 4.69) is 5.32 Å². The molecule has 0 unspecified atom stereocenters. The van der Waals surface area contributed by atoms with Crippen molar-refractivity contribution in [2.75, 3.05) is 13.2 Å². The first-order chi connectivity index (χ1) is 6.02. The molecule has 13 heavy (non-hydrogen) atoms. The molecule has 0 bridgehead atoms. The number of hydrogen-bond acceptors (Lipinski definition) is 3. The number of nitrogens with zero attached hydrogens (tertiary/aromatic N) is 1. The number of nitriles is 1. The molecule has 0 aliphatic carbocycles. The van der Waals surface area contributed by atoms with Crippen LogP contribution in [-0.4, -0.2) is 24.7 Å². The Morgan fingerprint density at radius 3 is 2.69 bits per heavy atom. The van der Waals surface area contributed by atoms with Gasteiger partial charge in [-0.3, -0.25) is 4.79 Å². The molecule has 0 saturated heterocycles. The van der Waals surface area contributed by atoms with E-state index >= 15 is 0 Å². The molecule has 0 fully saturated rings. The summed E-state index contributed by atoms with van der Waals surface area (Å²) in [6.45, 7) is 6.20. The largest absolute Gasteiger partial charge is 0.381 e. The molecule has 0 aromatic rings. The fourth-order valence-corrected chi connectivity index (χ4v) is 0.748. The number of hydrogen-bond donors (Lipinski definition) is 1. The monoisotopic (exact) mass is 184 g/mol. The Labute approximate surface area is 78.9 Å². The van der Waals surface area contributed by atoms with Crippen LogP contribution in [0.15, 0.2) is 0 Å². The van der Waals surface area contributed by atoms with Crippen LogP contribution >= 0.6 is 0 Å². The molecule has 0 heterocycles. The number of carbonyl (C=O) groups is 1. The number of carbonyl (C=O) groups excluding carboxylic acids is 1. The standard InChI is InChI=1S/C9H16N2O2/c1-4-13-6-5-8(12)11-9(2,3)7-10/h4-6H2,1-3H3,(H,11,12). The maximum absolute atomic E-state index is 11.2. The van der Waals surface area contributed by atoms with Crippen molar-refractivity contribution in [1.29, 1.82) is 5.26 Å². The van der Waals surface area contributed by atoms with Crippen LogP contribution in [0, 0.1) is 11.3 Å². The van der Waals surface area contributed by atoms with E-state index in [1.54, 1.807) is 13.8 Å². The molecule has 4 nitrogen and oxygen atoms in total. The molecule has 0 aliphatic rings. The van der Waals surface area contributed by atoms with Gasteiger partial charge in [-0.05, 0) is 20.8 Å². The summed E-state index contributed by atoms with van der Waals surface area (Å²) < 4.78 is 5.01. The third-order valence-corrected chi connectivity index (χ3v) is 1.41. The van der Waals surface area contributed by atoms with E-state index in [4.69, 9.17) is 10.00 Å². The van der Waals surface area contributed by atoms with Gasteiger partial charge in [0.15, 0.2) is 0 Å². The summed E-state index contributed by atoms with van der Waals surface area (Å²) in [5, 5.41) is 11.2. The Bertz CT molecular complexity index is 206. The summed E-state index contributed by atoms with van der Waals surface area (Å²) >= 11 is 0. The van der Waals surface area contributed by atoms with Crippen molar-refractivity contribution in [3.63, 3.8) is 0 Å². The van der Waals surface area contributed by atoms with Crippen molar-refractivity contribution in [3.05, 3.63) is 0 Å². The van der Waals surface area contributed by atoms with E-state index in [0.717, 1.165) is 0 Å². The highest BCUT2D eigenvalue weighted by atomic mass is 16.5. The Balaban J connectivity index is 3.70. The van der Waals surface area contributed by atoms with Gasteiger partial charge in [-0.25, -0.2) is 0 Å². The molecular formula is C9H16N2O2. The van der Waals surface area contributed by atoms with Gasteiger partial charge in [0.1, 0.15) is 5.54 Å². The molecule has 0 aliphatic heterocycles. The molecule has 1 amide bonds. The van der Waals surface area contributed by atoms with Gasteiger partial charge < -0.3 is 10.1 Å². The van der Waals surface area contributed by atoms with Gasteiger partial charge in [-0.15, -0.1) is 0 Å². The molecule has 0 aromatic carbocycles. The number of ether oxygens (including phenoxy) is 1. The first kappa shape index (κ1) is 11.9. The van der Waals surface area contributed by atoms with Crippen LogP contribution in [0.1, 0.15) is 27.2 Å². The Morgan fingerprint density at radius 1 is 1.62 bits per heavy atom. The van der Waals surface area contributed by atoms with E-state index in [9.17, 15) is 4.79 Å². The van der Waals surface area contributed by atoms with Gasteiger partial charge in [0.2, 0.25) is 5.91 Å². The third kappa shape index (κ3) is 6.12. The fourth-order valence-electron chi connectivity index (χ4n) is 0.748. The summed E-state index contributed by atoms with van der Waals surface area (Å²) in [6.07, 6.45) is 0.305. The molecular weight excluding hydrogens is 168 g/mol. The summed E-state index contributed by atoms with van der Waals surface area (Å²) in [4.78, 5) is 11.2. The minimum absolute atomic E-state index is 0.153. The van der Waals surface area contributed by atoms with Crippen molar-refractivity contribution >= 4 is 5.91 Å². The van der Waals surface area contributed by atoms with Crippen molar-refractivity contribution in [3.8, 4) is 6.07 Å². The number of amides is 1. The predicted molar refractivity (Wildman–Crippen MR) is 48.9 cm³/mol. The van der Waals surface area contributed by atoms with Crippen LogP contribution in [0.5, 0.6) is 0 Å². The molecule has 0 radical (unpaired) electrons. The molecule has 0 spiro atoms. The minimum Gasteiger partial charge on any atom is -0.381 e. The van der Waals surface area contributed by atoms with Gasteiger partial charge in [0.05, 0.1) is 12.7 Å². The minimum atomic E-state index is -0.788. The molecule has 0 aromatic heterocycles. The smallest absolute Gasteiger partial charge is 0.223 e. The lowest BCUT2D eigenvalue weighted by Gasteiger charge is -2.17. The van der Waals surface area contributed by atoms with Gasteiger partial charge >= 0.3 is 0 Å². The Morgan fingerprint density at radius 2 is 2.23 bits per heavy atom. The van der Waals surface area contributed by atoms with Crippen molar-refractivity contribution in [2.24, 2.45) is 0 Å². The summed E-state index contributed by atoms with van der Waals surface area (Å²) in [5.74, 6) is -0.153. The van der Waals surface area contributed by atoms with Crippen LogP contribution in [0.4, 0.5) is 0 Å². The topological polar surface area (TPSA) is 62.1 Å². The fraction of sp³-hybridized carbons (Fsp3) is 0.778. The summed E-state index contributed by atoms with van der Waals surface area (Å²) in [7, 11) is 0. The van der Waals surface area contributed by atoms with Crippen LogP contribution in [0.2, 0.25) is 0 Å². The van der Waals surface area contributed by atoms with Crippen LogP contribution < -0.4 is 5.32 Å². The molecule has 0 atom stereocenters. The highest BCUT2D eigenvalue weighted by molar-refractivity contribution is 5.77. The van der Waals surface area contributed by atoms with Crippen molar-refractivity contribution < 1.29 is 9.53 Å². The second-order valence-electron chi connectivity index (χ2n) is 3.23. The maximum Gasteiger partial charge on any atom is 0.223 e. The average molecular weight is 184 g/mol.